The van der Waals surface area contributed by atoms with Gasteiger partial charge in [-0.3, -0.25) is 4.79 Å². The summed E-state index contributed by atoms with van der Waals surface area (Å²) in [6.07, 6.45) is 6.27. The average Bonchev–Trinajstić information content (AvgIpc) is 2.87. The molecule has 2 rings (SSSR count). The van der Waals surface area contributed by atoms with E-state index in [4.69, 9.17) is 10.5 Å². The molecule has 1 amide bonds. The predicted octanol–water partition coefficient (Wildman–Crippen LogP) is 0.829. The van der Waals surface area contributed by atoms with E-state index in [0.29, 0.717) is 18.4 Å². The molecule has 2 aliphatic heterocycles. The van der Waals surface area contributed by atoms with Gasteiger partial charge in [0.05, 0.1) is 6.10 Å². The van der Waals surface area contributed by atoms with Crippen molar-refractivity contribution in [3.8, 4) is 0 Å². The Balaban J connectivity index is 1.67. The van der Waals surface area contributed by atoms with E-state index in [-0.39, 0.29) is 0 Å². The van der Waals surface area contributed by atoms with Gasteiger partial charge in [0.15, 0.2) is 0 Å². The SMILES string of the molecule is NCCCN1CCCN(C(=O)CCC2CCCO2)CC1. The summed E-state index contributed by atoms with van der Waals surface area (Å²) in [5.41, 5.74) is 5.56. The minimum absolute atomic E-state index is 0.307. The van der Waals surface area contributed by atoms with Gasteiger partial charge < -0.3 is 20.3 Å². The van der Waals surface area contributed by atoms with E-state index in [9.17, 15) is 4.79 Å². The van der Waals surface area contributed by atoms with Crippen molar-refractivity contribution < 1.29 is 9.53 Å². The summed E-state index contributed by atoms with van der Waals surface area (Å²) in [5.74, 6) is 0.307. The lowest BCUT2D eigenvalue weighted by atomic mass is 10.1. The second-order valence-corrected chi connectivity index (χ2v) is 5.89. The maximum atomic E-state index is 12.3. The van der Waals surface area contributed by atoms with Crippen molar-refractivity contribution in [1.82, 2.24) is 9.80 Å². The van der Waals surface area contributed by atoms with Gasteiger partial charge in [-0.05, 0) is 51.7 Å². The maximum absolute atomic E-state index is 12.3. The minimum atomic E-state index is 0.307. The van der Waals surface area contributed by atoms with E-state index in [1.807, 2.05) is 4.90 Å². The zero-order chi connectivity index (χ0) is 14.2. The van der Waals surface area contributed by atoms with Crippen molar-refractivity contribution in [2.75, 3.05) is 45.9 Å². The third-order valence-corrected chi connectivity index (χ3v) is 4.32. The topological polar surface area (TPSA) is 58.8 Å². The van der Waals surface area contributed by atoms with Gasteiger partial charge in [0.1, 0.15) is 0 Å². The highest BCUT2D eigenvalue weighted by Gasteiger charge is 2.21. The van der Waals surface area contributed by atoms with Crippen LogP contribution < -0.4 is 5.73 Å². The first-order chi connectivity index (χ1) is 9.79. The molecule has 5 heteroatoms. The summed E-state index contributed by atoms with van der Waals surface area (Å²) in [6, 6.07) is 0. The monoisotopic (exact) mass is 283 g/mol. The van der Waals surface area contributed by atoms with Crippen LogP contribution in [0, 0.1) is 0 Å². The smallest absolute Gasteiger partial charge is 0.222 e. The molecule has 0 bridgehead atoms. The summed E-state index contributed by atoms with van der Waals surface area (Å²) < 4.78 is 5.59. The van der Waals surface area contributed by atoms with Crippen molar-refractivity contribution >= 4 is 5.91 Å². The molecule has 1 unspecified atom stereocenters. The van der Waals surface area contributed by atoms with Gasteiger partial charge >= 0.3 is 0 Å². The number of rotatable bonds is 6. The fraction of sp³-hybridized carbons (Fsp3) is 0.933. The van der Waals surface area contributed by atoms with Gasteiger partial charge in [-0.1, -0.05) is 0 Å². The zero-order valence-corrected chi connectivity index (χ0v) is 12.6. The van der Waals surface area contributed by atoms with Crippen LogP contribution in [0.5, 0.6) is 0 Å². The van der Waals surface area contributed by atoms with E-state index in [1.54, 1.807) is 0 Å². The highest BCUT2D eigenvalue weighted by Crippen LogP contribution is 2.17. The minimum Gasteiger partial charge on any atom is -0.378 e. The van der Waals surface area contributed by atoms with Gasteiger partial charge in [0, 0.05) is 32.7 Å². The van der Waals surface area contributed by atoms with Gasteiger partial charge in [-0.15, -0.1) is 0 Å². The Morgan fingerprint density at radius 2 is 2.10 bits per heavy atom. The molecule has 2 N–H and O–H groups in total. The van der Waals surface area contributed by atoms with Crippen molar-refractivity contribution in [3.05, 3.63) is 0 Å². The Kier molecular flexibility index (Phi) is 6.76. The third-order valence-electron chi connectivity index (χ3n) is 4.32. The molecule has 116 valence electrons. The van der Waals surface area contributed by atoms with Crippen molar-refractivity contribution in [1.29, 1.82) is 0 Å². The van der Waals surface area contributed by atoms with Crippen LogP contribution in [0.4, 0.5) is 0 Å². The fourth-order valence-corrected chi connectivity index (χ4v) is 3.07. The highest BCUT2D eigenvalue weighted by atomic mass is 16.5. The number of amides is 1. The Morgan fingerprint density at radius 3 is 2.85 bits per heavy atom. The lowest BCUT2D eigenvalue weighted by Crippen LogP contribution is -2.36. The Labute approximate surface area is 122 Å². The number of carbonyl (C=O) groups is 1. The van der Waals surface area contributed by atoms with Gasteiger partial charge in [0.2, 0.25) is 5.91 Å². The number of hydrogen-bond acceptors (Lipinski definition) is 4. The average molecular weight is 283 g/mol. The normalized spacial score (nSPS) is 24.9. The molecule has 0 aromatic rings. The molecule has 20 heavy (non-hydrogen) atoms. The molecule has 2 aliphatic rings. The van der Waals surface area contributed by atoms with Crippen LogP contribution in [-0.4, -0.2) is 67.7 Å². The second-order valence-electron chi connectivity index (χ2n) is 5.89. The molecule has 0 spiro atoms. The van der Waals surface area contributed by atoms with E-state index >= 15 is 0 Å². The highest BCUT2D eigenvalue weighted by molar-refractivity contribution is 5.76. The number of nitrogens with two attached hydrogens (primary N) is 1. The standard InChI is InChI=1S/C15H29N3O2/c16-7-2-8-17-9-3-10-18(12-11-17)15(19)6-5-14-4-1-13-20-14/h14H,1-13,16H2. The molecule has 2 heterocycles. The molecule has 1 atom stereocenters. The quantitative estimate of drug-likeness (QED) is 0.784. The second kappa shape index (κ2) is 8.60. The molecule has 2 fully saturated rings. The van der Waals surface area contributed by atoms with Crippen LogP contribution in [0.1, 0.15) is 38.5 Å². The van der Waals surface area contributed by atoms with Crippen molar-refractivity contribution in [2.24, 2.45) is 5.73 Å². The molecular formula is C15H29N3O2. The van der Waals surface area contributed by atoms with Crippen LogP contribution in [0.15, 0.2) is 0 Å². The van der Waals surface area contributed by atoms with E-state index in [1.165, 1.54) is 0 Å². The number of carbonyl (C=O) groups excluding carboxylic acids is 1. The number of hydrogen-bond donors (Lipinski definition) is 1. The van der Waals surface area contributed by atoms with Gasteiger partial charge in [0.25, 0.3) is 0 Å². The largest absolute Gasteiger partial charge is 0.378 e. The number of nitrogens with zero attached hydrogens (tertiary/aromatic N) is 2. The first-order valence-corrected chi connectivity index (χ1v) is 8.11. The third kappa shape index (κ3) is 5.04. The first-order valence-electron chi connectivity index (χ1n) is 8.11. The molecule has 5 nitrogen and oxygen atoms in total. The molecule has 2 saturated heterocycles. The summed E-state index contributed by atoms with van der Waals surface area (Å²) in [6.45, 7) is 6.55. The van der Waals surface area contributed by atoms with E-state index in [2.05, 4.69) is 4.90 Å². The lowest BCUT2D eigenvalue weighted by molar-refractivity contribution is -0.131. The van der Waals surface area contributed by atoms with Gasteiger partial charge in [-0.25, -0.2) is 0 Å². The van der Waals surface area contributed by atoms with Crippen LogP contribution >= 0.6 is 0 Å². The number of ether oxygens (including phenoxy) is 1. The lowest BCUT2D eigenvalue weighted by Gasteiger charge is -2.22. The van der Waals surface area contributed by atoms with Crippen LogP contribution in [0.25, 0.3) is 0 Å². The first kappa shape index (κ1) is 15.7. The van der Waals surface area contributed by atoms with E-state index in [0.717, 1.165) is 78.0 Å². The van der Waals surface area contributed by atoms with Crippen LogP contribution in [-0.2, 0) is 9.53 Å². The van der Waals surface area contributed by atoms with Crippen molar-refractivity contribution in [3.63, 3.8) is 0 Å². The molecule has 0 saturated carbocycles. The van der Waals surface area contributed by atoms with Crippen LogP contribution in [0.3, 0.4) is 0 Å². The molecule has 0 aromatic heterocycles. The van der Waals surface area contributed by atoms with E-state index < -0.39 is 0 Å². The summed E-state index contributed by atoms with van der Waals surface area (Å²) in [5, 5.41) is 0. The summed E-state index contributed by atoms with van der Waals surface area (Å²) in [4.78, 5) is 16.7. The Hall–Kier alpha value is -0.650. The predicted molar refractivity (Wildman–Crippen MR) is 79.5 cm³/mol. The van der Waals surface area contributed by atoms with Gasteiger partial charge in [-0.2, -0.15) is 0 Å². The van der Waals surface area contributed by atoms with Crippen LogP contribution in [0.2, 0.25) is 0 Å². The molecule has 0 aromatic carbocycles. The molecule has 0 radical (unpaired) electrons. The Bertz CT molecular complexity index is 293. The summed E-state index contributed by atoms with van der Waals surface area (Å²) in [7, 11) is 0. The summed E-state index contributed by atoms with van der Waals surface area (Å²) >= 11 is 0. The zero-order valence-electron chi connectivity index (χ0n) is 12.6. The fourth-order valence-electron chi connectivity index (χ4n) is 3.07. The molecular weight excluding hydrogens is 254 g/mol. The molecule has 0 aliphatic carbocycles. The van der Waals surface area contributed by atoms with Crippen molar-refractivity contribution in [2.45, 2.75) is 44.6 Å². The maximum Gasteiger partial charge on any atom is 0.222 e. The Morgan fingerprint density at radius 1 is 1.20 bits per heavy atom.